The molecule has 0 aromatic heterocycles. The van der Waals surface area contributed by atoms with Gasteiger partial charge in [0.1, 0.15) is 5.60 Å². The molecular formula is C13H20N2O2. The third-order valence-corrected chi connectivity index (χ3v) is 3.67. The first-order valence-corrected chi connectivity index (χ1v) is 6.21. The molecule has 94 valence electrons. The van der Waals surface area contributed by atoms with Gasteiger partial charge in [0.15, 0.2) is 0 Å². The summed E-state index contributed by atoms with van der Waals surface area (Å²) in [5, 5.41) is 12.1. The summed E-state index contributed by atoms with van der Waals surface area (Å²) in [7, 11) is 0. The van der Waals surface area contributed by atoms with Crippen molar-refractivity contribution in [1.82, 2.24) is 5.32 Å². The van der Waals surface area contributed by atoms with E-state index in [0.29, 0.717) is 0 Å². The number of amides is 1. The van der Waals surface area contributed by atoms with Crippen LogP contribution in [0.1, 0.15) is 52.9 Å². The predicted octanol–water partition coefficient (Wildman–Crippen LogP) is 2.74. The van der Waals surface area contributed by atoms with Crippen LogP contribution in [0, 0.1) is 16.7 Å². The molecule has 3 aliphatic carbocycles. The number of hydrogen-bond donors (Lipinski definition) is 1. The number of rotatable bonds is 1. The van der Waals surface area contributed by atoms with E-state index in [1.807, 2.05) is 20.8 Å². The van der Waals surface area contributed by atoms with Gasteiger partial charge in [0.05, 0.1) is 11.5 Å². The molecule has 0 radical (unpaired) electrons. The molecule has 2 bridgehead atoms. The zero-order valence-electron chi connectivity index (χ0n) is 10.8. The van der Waals surface area contributed by atoms with Gasteiger partial charge in [-0.3, -0.25) is 0 Å². The zero-order chi connectivity index (χ0) is 12.7. The van der Waals surface area contributed by atoms with Crippen molar-refractivity contribution >= 4 is 6.09 Å². The van der Waals surface area contributed by atoms with Gasteiger partial charge in [-0.1, -0.05) is 0 Å². The maximum absolute atomic E-state index is 11.7. The van der Waals surface area contributed by atoms with Crippen LogP contribution < -0.4 is 5.32 Å². The van der Waals surface area contributed by atoms with Crippen molar-refractivity contribution in [2.75, 3.05) is 0 Å². The van der Waals surface area contributed by atoms with Gasteiger partial charge in [0, 0.05) is 5.54 Å². The summed E-state index contributed by atoms with van der Waals surface area (Å²) in [5.74, 6) is 0. The Kier molecular flexibility index (Phi) is 2.61. The smallest absolute Gasteiger partial charge is 0.408 e. The van der Waals surface area contributed by atoms with E-state index in [1.54, 1.807) is 0 Å². The first-order chi connectivity index (χ1) is 7.78. The van der Waals surface area contributed by atoms with E-state index in [0.717, 1.165) is 32.1 Å². The molecule has 0 atom stereocenters. The molecule has 1 amide bonds. The molecule has 0 aromatic carbocycles. The highest BCUT2D eigenvalue weighted by Crippen LogP contribution is 2.57. The van der Waals surface area contributed by atoms with Gasteiger partial charge < -0.3 is 10.1 Å². The number of carbonyl (C=O) groups is 1. The Morgan fingerprint density at radius 1 is 1.35 bits per heavy atom. The fourth-order valence-electron chi connectivity index (χ4n) is 3.17. The number of carbonyl (C=O) groups excluding carboxylic acids is 1. The maximum atomic E-state index is 11.7. The van der Waals surface area contributed by atoms with E-state index >= 15 is 0 Å². The Balaban J connectivity index is 1.93. The van der Waals surface area contributed by atoms with Crippen molar-refractivity contribution < 1.29 is 9.53 Å². The van der Waals surface area contributed by atoms with Crippen molar-refractivity contribution in [3.63, 3.8) is 0 Å². The lowest BCUT2D eigenvalue weighted by molar-refractivity contribution is -0.0214. The topological polar surface area (TPSA) is 62.1 Å². The molecule has 0 heterocycles. The number of nitriles is 1. The fourth-order valence-corrected chi connectivity index (χ4v) is 3.17. The summed E-state index contributed by atoms with van der Waals surface area (Å²) in [4.78, 5) is 11.7. The van der Waals surface area contributed by atoms with Crippen LogP contribution in [-0.2, 0) is 4.74 Å². The Bertz CT molecular complexity index is 370. The molecular weight excluding hydrogens is 216 g/mol. The molecule has 3 fully saturated rings. The first kappa shape index (κ1) is 12.2. The van der Waals surface area contributed by atoms with Gasteiger partial charge in [-0.2, -0.15) is 5.26 Å². The largest absolute Gasteiger partial charge is 0.444 e. The average molecular weight is 236 g/mol. The minimum atomic E-state index is -0.467. The summed E-state index contributed by atoms with van der Waals surface area (Å²) in [6.45, 7) is 5.56. The maximum Gasteiger partial charge on any atom is 0.408 e. The zero-order valence-corrected chi connectivity index (χ0v) is 10.8. The number of nitrogens with one attached hydrogen (secondary N) is 1. The number of ether oxygens (including phenoxy) is 1. The second-order valence-electron chi connectivity index (χ2n) is 6.51. The third-order valence-electron chi connectivity index (χ3n) is 3.67. The van der Waals surface area contributed by atoms with Crippen LogP contribution in [0.4, 0.5) is 4.79 Å². The van der Waals surface area contributed by atoms with Crippen LogP contribution in [0.15, 0.2) is 0 Å². The third kappa shape index (κ3) is 2.38. The Labute approximate surface area is 102 Å². The van der Waals surface area contributed by atoms with E-state index in [9.17, 15) is 4.79 Å². The molecule has 0 unspecified atom stereocenters. The average Bonchev–Trinajstić information content (AvgIpc) is 2.13. The van der Waals surface area contributed by atoms with Crippen LogP contribution >= 0.6 is 0 Å². The lowest BCUT2D eigenvalue weighted by atomic mass is 9.50. The molecule has 4 heteroatoms. The van der Waals surface area contributed by atoms with E-state index in [-0.39, 0.29) is 17.0 Å². The number of fused-ring (bicyclic) bond motifs is 2. The molecule has 3 saturated carbocycles. The Morgan fingerprint density at radius 2 is 2.00 bits per heavy atom. The summed E-state index contributed by atoms with van der Waals surface area (Å²) in [5.41, 5.74) is -0.810. The molecule has 3 aliphatic rings. The lowest BCUT2D eigenvalue weighted by Crippen LogP contribution is -2.64. The molecule has 17 heavy (non-hydrogen) atoms. The van der Waals surface area contributed by atoms with Gasteiger partial charge in [-0.05, 0) is 52.9 Å². The van der Waals surface area contributed by atoms with Crippen LogP contribution in [0.25, 0.3) is 0 Å². The fraction of sp³-hybridized carbons (Fsp3) is 0.846. The Morgan fingerprint density at radius 3 is 2.53 bits per heavy atom. The quantitative estimate of drug-likeness (QED) is 0.761. The Hall–Kier alpha value is -1.24. The van der Waals surface area contributed by atoms with Crippen LogP contribution in [0.3, 0.4) is 0 Å². The summed E-state index contributed by atoms with van der Waals surface area (Å²) >= 11 is 0. The summed E-state index contributed by atoms with van der Waals surface area (Å²) < 4.78 is 5.26. The molecule has 0 saturated heterocycles. The highest BCUT2D eigenvalue weighted by Gasteiger charge is 2.58. The highest BCUT2D eigenvalue weighted by molar-refractivity contribution is 5.69. The van der Waals surface area contributed by atoms with Crippen LogP contribution in [0.5, 0.6) is 0 Å². The van der Waals surface area contributed by atoms with Crippen LogP contribution in [-0.4, -0.2) is 17.2 Å². The summed E-state index contributed by atoms with van der Waals surface area (Å²) in [6, 6.07) is 2.40. The monoisotopic (exact) mass is 236 g/mol. The van der Waals surface area contributed by atoms with Gasteiger partial charge >= 0.3 is 6.09 Å². The predicted molar refractivity (Wildman–Crippen MR) is 63.2 cm³/mol. The molecule has 3 rings (SSSR count). The lowest BCUT2D eigenvalue weighted by Gasteiger charge is -2.57. The van der Waals surface area contributed by atoms with Crippen molar-refractivity contribution in [1.29, 1.82) is 5.26 Å². The normalized spacial score (nSPS) is 35.4. The van der Waals surface area contributed by atoms with Gasteiger partial charge in [0.2, 0.25) is 0 Å². The second-order valence-corrected chi connectivity index (χ2v) is 6.51. The minimum Gasteiger partial charge on any atom is -0.444 e. The van der Waals surface area contributed by atoms with E-state index in [1.165, 1.54) is 0 Å². The van der Waals surface area contributed by atoms with Crippen molar-refractivity contribution in [2.24, 2.45) is 5.41 Å². The van der Waals surface area contributed by atoms with Crippen molar-refractivity contribution in [3.8, 4) is 6.07 Å². The van der Waals surface area contributed by atoms with Gasteiger partial charge in [0.25, 0.3) is 0 Å². The molecule has 0 spiro atoms. The van der Waals surface area contributed by atoms with Gasteiger partial charge in [-0.15, -0.1) is 0 Å². The van der Waals surface area contributed by atoms with E-state index in [2.05, 4.69) is 11.4 Å². The SMILES string of the molecule is CC(C)(C)OC(=O)NC12CCCC(C#N)(C1)C2. The minimum absolute atomic E-state index is 0.170. The first-order valence-electron chi connectivity index (χ1n) is 6.21. The molecule has 0 aromatic rings. The molecule has 4 nitrogen and oxygen atoms in total. The highest BCUT2D eigenvalue weighted by atomic mass is 16.6. The standard InChI is InChI=1S/C13H20N2O2/c1-11(2,3)17-10(16)15-13-6-4-5-12(7-13,8-13)9-14/h4-8H2,1-3H3,(H,15,16). The number of hydrogen-bond acceptors (Lipinski definition) is 3. The number of nitrogens with zero attached hydrogens (tertiary/aromatic N) is 1. The van der Waals surface area contributed by atoms with Crippen LogP contribution in [0.2, 0.25) is 0 Å². The van der Waals surface area contributed by atoms with Gasteiger partial charge in [-0.25, -0.2) is 4.79 Å². The van der Waals surface area contributed by atoms with Crippen molar-refractivity contribution in [2.45, 2.75) is 64.0 Å². The second kappa shape index (κ2) is 3.63. The van der Waals surface area contributed by atoms with E-state index in [4.69, 9.17) is 10.00 Å². The van der Waals surface area contributed by atoms with Crippen molar-refractivity contribution in [3.05, 3.63) is 0 Å². The summed E-state index contributed by atoms with van der Waals surface area (Å²) in [6.07, 6.45) is 4.18. The number of alkyl carbamates (subject to hydrolysis) is 1. The molecule has 1 N–H and O–H groups in total. The molecule has 0 aliphatic heterocycles. The van der Waals surface area contributed by atoms with E-state index < -0.39 is 5.60 Å².